The molecule has 2 amide bonds. The number of carbonyl (C=O) groups is 2. The molecule has 1 aromatic rings. The standard InChI is InChI=1S/C22H28N2O5/c1-21(2,3)29-20(27)23-11-9-22(10-12-23)14-17(25)13-19(26)24(22)15-16-5-7-18(28-4)8-6-16/h5,7,13,25H,9-12,14-15H2,1-4H3. The van der Waals surface area contributed by atoms with Crippen molar-refractivity contribution in [3.8, 4) is 5.75 Å². The molecule has 0 aromatic heterocycles. The van der Waals surface area contributed by atoms with Crippen LogP contribution in [0.3, 0.4) is 0 Å². The lowest BCUT2D eigenvalue weighted by atomic mass is 9.79. The number of aliphatic hydroxyl groups is 1. The molecule has 0 atom stereocenters. The molecule has 0 unspecified atom stereocenters. The highest BCUT2D eigenvalue weighted by atomic mass is 16.6. The molecule has 1 saturated heterocycles. The van der Waals surface area contributed by atoms with Gasteiger partial charge in [0.2, 0.25) is 0 Å². The van der Waals surface area contributed by atoms with E-state index in [1.165, 1.54) is 6.08 Å². The number of methoxy groups -OCH3 is 1. The maximum Gasteiger partial charge on any atom is 0.410 e. The van der Waals surface area contributed by atoms with E-state index in [4.69, 9.17) is 9.47 Å². The molecule has 0 saturated carbocycles. The first-order valence-corrected chi connectivity index (χ1v) is 9.78. The van der Waals surface area contributed by atoms with Gasteiger partial charge in [-0.25, -0.2) is 4.79 Å². The zero-order valence-electron chi connectivity index (χ0n) is 17.4. The number of carbonyl (C=O) groups excluding carboxylic acids is 2. The molecule has 0 aliphatic carbocycles. The number of amides is 2. The van der Waals surface area contributed by atoms with E-state index in [-0.39, 0.29) is 17.8 Å². The normalized spacial score (nSPS) is 18.9. The largest absolute Gasteiger partial charge is 0.512 e. The van der Waals surface area contributed by atoms with Crippen molar-refractivity contribution in [2.24, 2.45) is 0 Å². The molecule has 1 fully saturated rings. The van der Waals surface area contributed by atoms with Gasteiger partial charge in [-0.05, 0) is 51.8 Å². The summed E-state index contributed by atoms with van der Waals surface area (Å²) in [4.78, 5) is 28.6. The summed E-state index contributed by atoms with van der Waals surface area (Å²) in [6, 6.07) is 9.58. The third-order valence-corrected chi connectivity index (χ3v) is 5.32. The highest BCUT2D eigenvalue weighted by molar-refractivity contribution is 5.89. The Bertz CT molecular complexity index is 786. The maximum atomic E-state index is 12.7. The van der Waals surface area contributed by atoms with E-state index in [1.54, 1.807) is 23.0 Å². The Morgan fingerprint density at radius 1 is 1.24 bits per heavy atom. The number of ether oxygens (including phenoxy) is 2. The number of rotatable bonds is 3. The Kier molecular flexibility index (Phi) is 5.65. The lowest BCUT2D eigenvalue weighted by Crippen LogP contribution is -2.59. The van der Waals surface area contributed by atoms with Crippen LogP contribution in [0.5, 0.6) is 5.75 Å². The van der Waals surface area contributed by atoms with Crippen LogP contribution in [0.2, 0.25) is 0 Å². The van der Waals surface area contributed by atoms with Crippen LogP contribution in [0.4, 0.5) is 4.79 Å². The van der Waals surface area contributed by atoms with E-state index >= 15 is 0 Å². The number of likely N-dealkylation sites (tertiary alicyclic amines) is 1. The van der Waals surface area contributed by atoms with Crippen LogP contribution in [0.1, 0.15) is 45.6 Å². The number of hydrogen-bond donors (Lipinski definition) is 1. The van der Waals surface area contributed by atoms with Gasteiger partial charge in [-0.15, -0.1) is 0 Å². The van der Waals surface area contributed by atoms with E-state index in [0.29, 0.717) is 44.6 Å². The average molecular weight is 400 g/mol. The summed E-state index contributed by atoms with van der Waals surface area (Å²) in [6.07, 6.45) is 2.43. The van der Waals surface area contributed by atoms with Crippen molar-refractivity contribution >= 4 is 12.0 Å². The zero-order valence-corrected chi connectivity index (χ0v) is 17.4. The van der Waals surface area contributed by atoms with Crippen LogP contribution in [-0.4, -0.2) is 58.2 Å². The van der Waals surface area contributed by atoms with Crippen molar-refractivity contribution in [3.63, 3.8) is 0 Å². The minimum Gasteiger partial charge on any atom is -0.512 e. The molecule has 7 heteroatoms. The number of nitrogens with zero attached hydrogens (tertiary/aromatic N) is 2. The van der Waals surface area contributed by atoms with Crippen molar-refractivity contribution in [2.75, 3.05) is 20.2 Å². The molecule has 1 N–H and O–H groups in total. The molecule has 2 heterocycles. The van der Waals surface area contributed by atoms with Gasteiger partial charge in [0.1, 0.15) is 11.4 Å². The molecule has 0 radical (unpaired) electrons. The topological polar surface area (TPSA) is 79.3 Å². The summed E-state index contributed by atoms with van der Waals surface area (Å²) < 4.78 is 10.6. The lowest BCUT2D eigenvalue weighted by Gasteiger charge is -2.50. The van der Waals surface area contributed by atoms with Crippen LogP contribution in [0, 0.1) is 12.1 Å². The Morgan fingerprint density at radius 3 is 2.48 bits per heavy atom. The maximum absolute atomic E-state index is 12.7. The Morgan fingerprint density at radius 2 is 1.93 bits per heavy atom. The minimum absolute atomic E-state index is 0.0854. The molecule has 1 aromatic carbocycles. The molecule has 1 spiro atoms. The first-order chi connectivity index (χ1) is 13.6. The second kappa shape index (κ2) is 7.86. The third kappa shape index (κ3) is 4.76. The van der Waals surface area contributed by atoms with Crippen molar-refractivity contribution in [2.45, 2.75) is 57.7 Å². The highest BCUT2D eigenvalue weighted by Crippen LogP contribution is 2.38. The summed E-state index contributed by atoms with van der Waals surface area (Å²) in [5, 5.41) is 10.2. The Labute approximate surface area is 171 Å². The van der Waals surface area contributed by atoms with Gasteiger partial charge in [0.25, 0.3) is 5.91 Å². The van der Waals surface area contributed by atoms with Crippen LogP contribution < -0.4 is 4.74 Å². The SMILES string of the molecule is COc1c#cc(CN2C(=O)C=C(O)CC23CCN(C(=O)OC(C)(C)C)CC3)cc1. The van der Waals surface area contributed by atoms with Crippen LogP contribution in [-0.2, 0) is 16.1 Å². The summed E-state index contributed by atoms with van der Waals surface area (Å²) in [5.41, 5.74) is -0.286. The number of piperidine rings is 1. The van der Waals surface area contributed by atoms with Gasteiger partial charge in [0.15, 0.2) is 5.75 Å². The third-order valence-electron chi connectivity index (χ3n) is 5.32. The molecule has 29 heavy (non-hydrogen) atoms. The first kappa shape index (κ1) is 20.8. The summed E-state index contributed by atoms with van der Waals surface area (Å²) >= 11 is 0. The van der Waals surface area contributed by atoms with Crippen LogP contribution in [0.25, 0.3) is 0 Å². The number of hydrogen-bond acceptors (Lipinski definition) is 5. The van der Waals surface area contributed by atoms with Crippen molar-refractivity contribution in [3.05, 3.63) is 41.7 Å². The smallest absolute Gasteiger partial charge is 0.410 e. The van der Waals surface area contributed by atoms with Gasteiger partial charge < -0.3 is 24.4 Å². The predicted molar refractivity (Wildman–Crippen MR) is 106 cm³/mol. The fourth-order valence-corrected chi connectivity index (χ4v) is 3.85. The molecular weight excluding hydrogens is 372 g/mol. The molecule has 3 rings (SSSR count). The quantitative estimate of drug-likeness (QED) is 0.843. The molecule has 7 nitrogen and oxygen atoms in total. The molecule has 156 valence electrons. The second-order valence-corrected chi connectivity index (χ2v) is 8.61. The number of aliphatic hydroxyl groups excluding tert-OH is 1. The fourth-order valence-electron chi connectivity index (χ4n) is 3.85. The van der Waals surface area contributed by atoms with Gasteiger partial charge in [-0.1, -0.05) is 6.07 Å². The van der Waals surface area contributed by atoms with Crippen molar-refractivity contribution in [1.29, 1.82) is 0 Å². The van der Waals surface area contributed by atoms with E-state index in [1.807, 2.05) is 26.8 Å². The summed E-state index contributed by atoms with van der Waals surface area (Å²) in [6.45, 7) is 6.79. The van der Waals surface area contributed by atoms with E-state index < -0.39 is 11.1 Å². The van der Waals surface area contributed by atoms with Gasteiger partial charge in [-0.3, -0.25) is 4.79 Å². The second-order valence-electron chi connectivity index (χ2n) is 8.61. The molecule has 2 aliphatic rings. The summed E-state index contributed by atoms with van der Waals surface area (Å²) in [7, 11) is 1.56. The average Bonchev–Trinajstić information content (AvgIpc) is 2.64. The Hall–Kier alpha value is -2.88. The monoisotopic (exact) mass is 400 g/mol. The van der Waals surface area contributed by atoms with Gasteiger partial charge in [0.05, 0.1) is 19.2 Å². The lowest BCUT2D eigenvalue weighted by molar-refractivity contribution is -0.137. The van der Waals surface area contributed by atoms with E-state index in [2.05, 4.69) is 12.1 Å². The highest BCUT2D eigenvalue weighted by Gasteiger charge is 2.46. The first-order valence-electron chi connectivity index (χ1n) is 9.78. The van der Waals surface area contributed by atoms with Gasteiger partial charge in [0, 0.05) is 31.1 Å². The summed E-state index contributed by atoms with van der Waals surface area (Å²) in [5.74, 6) is 0.433. The van der Waals surface area contributed by atoms with Gasteiger partial charge in [-0.2, -0.15) is 0 Å². The minimum atomic E-state index is -0.555. The van der Waals surface area contributed by atoms with E-state index in [9.17, 15) is 14.7 Å². The van der Waals surface area contributed by atoms with Crippen molar-refractivity contribution < 1.29 is 24.2 Å². The molecule has 0 bridgehead atoms. The van der Waals surface area contributed by atoms with Crippen LogP contribution in [0.15, 0.2) is 24.0 Å². The zero-order chi connectivity index (χ0) is 21.2. The Balaban J connectivity index is 1.75. The molecular formula is C22H28N2O5. The van der Waals surface area contributed by atoms with Crippen molar-refractivity contribution in [1.82, 2.24) is 9.80 Å². The molecule has 2 aliphatic heterocycles. The fraction of sp³-hybridized carbons (Fsp3) is 0.545. The van der Waals surface area contributed by atoms with Crippen LogP contribution >= 0.6 is 0 Å². The predicted octanol–water partition coefficient (Wildman–Crippen LogP) is 3.24. The van der Waals surface area contributed by atoms with Gasteiger partial charge >= 0.3 is 6.09 Å². The van der Waals surface area contributed by atoms with E-state index in [0.717, 1.165) is 5.56 Å².